The summed E-state index contributed by atoms with van der Waals surface area (Å²) in [6.45, 7) is 5.03. The van der Waals surface area contributed by atoms with Gasteiger partial charge in [0.15, 0.2) is 0 Å². The Kier molecular flexibility index (Phi) is 5.10. The minimum atomic E-state index is -2.48. The SMILES string of the molecule is CC(C)C(O)c1nc(I)cn1[C@@H]1C[C@H](N2CCC(F)(F)CC2)C2CC1C2. The van der Waals surface area contributed by atoms with E-state index < -0.39 is 12.0 Å². The third kappa shape index (κ3) is 3.43. The second kappa shape index (κ2) is 6.95. The lowest BCUT2D eigenvalue weighted by molar-refractivity contribution is -0.0959. The van der Waals surface area contributed by atoms with Crippen molar-refractivity contribution in [3.8, 4) is 0 Å². The van der Waals surface area contributed by atoms with E-state index in [4.69, 9.17) is 0 Å². The molecule has 0 aromatic carbocycles. The lowest BCUT2D eigenvalue weighted by Gasteiger charge is -2.55. The maximum atomic E-state index is 13.5. The molecule has 3 saturated carbocycles. The summed E-state index contributed by atoms with van der Waals surface area (Å²) >= 11 is 2.21. The van der Waals surface area contributed by atoms with Crippen molar-refractivity contribution in [1.29, 1.82) is 0 Å². The minimum absolute atomic E-state index is 0.00932. The molecule has 1 N–H and O–H groups in total. The van der Waals surface area contributed by atoms with E-state index in [9.17, 15) is 13.9 Å². The third-order valence-electron chi connectivity index (χ3n) is 6.77. The van der Waals surface area contributed by atoms with E-state index in [0.29, 0.717) is 37.0 Å². The summed E-state index contributed by atoms with van der Waals surface area (Å²) in [5.74, 6) is -0.315. The highest BCUT2D eigenvalue weighted by Crippen LogP contribution is 2.54. The van der Waals surface area contributed by atoms with E-state index in [2.05, 4.69) is 43.2 Å². The second-order valence-electron chi connectivity index (χ2n) is 8.77. The highest BCUT2D eigenvalue weighted by atomic mass is 127. The standard InChI is InChI=1S/C19H28F2IN3O/c1-11(2)17(26)18-23-16(22)10-25(18)15-9-14(12-7-13(15)8-12)24-5-3-19(20,21)4-6-24/h10-15,17,26H,3-9H2,1-2H3/t12?,13?,14-,15+,17?/m0/s1. The number of rotatable bonds is 4. The topological polar surface area (TPSA) is 41.3 Å². The Balaban J connectivity index is 1.54. The minimum Gasteiger partial charge on any atom is -0.385 e. The molecule has 5 rings (SSSR count). The van der Waals surface area contributed by atoms with Crippen molar-refractivity contribution in [3.63, 3.8) is 0 Å². The molecule has 2 heterocycles. The van der Waals surface area contributed by atoms with Crippen molar-refractivity contribution in [2.45, 2.75) is 70.1 Å². The number of halogens is 3. The number of likely N-dealkylation sites (tertiary alicyclic amines) is 1. The number of aliphatic hydroxyl groups is 1. The van der Waals surface area contributed by atoms with Crippen LogP contribution in [-0.2, 0) is 0 Å². The summed E-state index contributed by atoms with van der Waals surface area (Å²) in [4.78, 5) is 6.91. The van der Waals surface area contributed by atoms with Gasteiger partial charge >= 0.3 is 0 Å². The van der Waals surface area contributed by atoms with Crippen molar-refractivity contribution in [2.24, 2.45) is 17.8 Å². The van der Waals surface area contributed by atoms with Crippen LogP contribution in [0.3, 0.4) is 0 Å². The molecule has 4 nitrogen and oxygen atoms in total. The highest BCUT2D eigenvalue weighted by Gasteiger charge is 2.50. The number of aliphatic hydroxyl groups excluding tert-OH is 1. The van der Waals surface area contributed by atoms with E-state index in [0.717, 1.165) is 15.9 Å². The Bertz CT molecular complexity index is 649. The average molecular weight is 479 g/mol. The lowest BCUT2D eigenvalue weighted by atomic mass is 9.59. The zero-order valence-electron chi connectivity index (χ0n) is 15.4. The second-order valence-corrected chi connectivity index (χ2v) is 9.88. The number of fused-ring (bicyclic) bond motifs is 2. The van der Waals surface area contributed by atoms with Crippen molar-refractivity contribution < 1.29 is 13.9 Å². The predicted molar refractivity (Wildman–Crippen MR) is 104 cm³/mol. The van der Waals surface area contributed by atoms with Crippen LogP contribution in [0.15, 0.2) is 6.20 Å². The Hall–Kier alpha value is -0.280. The fraction of sp³-hybridized carbons (Fsp3) is 0.842. The Morgan fingerprint density at radius 3 is 2.38 bits per heavy atom. The van der Waals surface area contributed by atoms with E-state index in [-0.39, 0.29) is 18.8 Å². The van der Waals surface area contributed by atoms with Gasteiger partial charge in [-0.1, -0.05) is 13.8 Å². The third-order valence-corrected chi connectivity index (χ3v) is 7.29. The van der Waals surface area contributed by atoms with Crippen LogP contribution in [0.4, 0.5) is 8.78 Å². The van der Waals surface area contributed by atoms with Crippen molar-refractivity contribution >= 4 is 22.6 Å². The lowest BCUT2D eigenvalue weighted by Crippen LogP contribution is -2.56. The first-order valence-electron chi connectivity index (χ1n) is 9.79. The highest BCUT2D eigenvalue weighted by molar-refractivity contribution is 14.1. The first-order valence-corrected chi connectivity index (χ1v) is 10.9. The number of aromatic nitrogens is 2. The Morgan fingerprint density at radius 1 is 1.15 bits per heavy atom. The predicted octanol–water partition coefficient (Wildman–Crippen LogP) is 4.25. The monoisotopic (exact) mass is 479 g/mol. The number of alkyl halides is 2. The summed E-state index contributed by atoms with van der Waals surface area (Å²) in [6, 6.07) is 0.719. The maximum absolute atomic E-state index is 13.5. The zero-order chi connectivity index (χ0) is 18.6. The molecule has 2 bridgehead atoms. The molecule has 3 atom stereocenters. The molecular weight excluding hydrogens is 451 g/mol. The van der Waals surface area contributed by atoms with Gasteiger partial charge in [-0.3, -0.25) is 4.90 Å². The molecule has 1 aliphatic heterocycles. The molecule has 1 aromatic rings. The van der Waals surface area contributed by atoms with Gasteiger partial charge in [0.2, 0.25) is 0 Å². The molecule has 4 aliphatic rings. The molecule has 0 radical (unpaired) electrons. The summed E-state index contributed by atoms with van der Waals surface area (Å²) < 4.78 is 30.2. The van der Waals surface area contributed by atoms with Crippen LogP contribution >= 0.6 is 22.6 Å². The van der Waals surface area contributed by atoms with E-state index in [1.54, 1.807) is 0 Å². The van der Waals surface area contributed by atoms with Crippen LogP contribution in [0.2, 0.25) is 0 Å². The first kappa shape index (κ1) is 19.1. The summed E-state index contributed by atoms with van der Waals surface area (Å²) in [5.41, 5.74) is 0. The molecule has 0 amide bonds. The van der Waals surface area contributed by atoms with Gasteiger partial charge in [-0.15, -0.1) is 0 Å². The van der Waals surface area contributed by atoms with Gasteiger partial charge in [0.25, 0.3) is 5.92 Å². The average Bonchev–Trinajstić information content (AvgIpc) is 2.94. The Labute approximate surface area is 167 Å². The van der Waals surface area contributed by atoms with E-state index in [1.165, 1.54) is 12.8 Å². The van der Waals surface area contributed by atoms with Gasteiger partial charge in [0.05, 0.1) is 0 Å². The molecule has 26 heavy (non-hydrogen) atoms. The van der Waals surface area contributed by atoms with Crippen molar-refractivity contribution in [3.05, 3.63) is 15.7 Å². The number of nitrogens with zero attached hydrogens (tertiary/aromatic N) is 3. The number of hydrogen-bond donors (Lipinski definition) is 1. The summed E-state index contributed by atoms with van der Waals surface area (Å²) in [6.07, 6.45) is 4.82. The molecule has 1 saturated heterocycles. The molecule has 0 spiro atoms. The van der Waals surface area contributed by atoms with Crippen LogP contribution in [0, 0.1) is 21.5 Å². The molecule has 1 unspecified atom stereocenters. The number of imidazole rings is 1. The van der Waals surface area contributed by atoms with Gasteiger partial charge in [-0.25, -0.2) is 13.8 Å². The molecule has 7 heteroatoms. The van der Waals surface area contributed by atoms with Crippen LogP contribution < -0.4 is 0 Å². The summed E-state index contributed by atoms with van der Waals surface area (Å²) in [5, 5.41) is 10.6. The number of hydrogen-bond acceptors (Lipinski definition) is 3. The fourth-order valence-corrected chi connectivity index (χ4v) is 5.65. The largest absolute Gasteiger partial charge is 0.385 e. The Morgan fingerprint density at radius 2 is 1.77 bits per heavy atom. The smallest absolute Gasteiger partial charge is 0.250 e. The van der Waals surface area contributed by atoms with Crippen LogP contribution in [0.5, 0.6) is 0 Å². The van der Waals surface area contributed by atoms with Gasteiger partial charge < -0.3 is 9.67 Å². The maximum Gasteiger partial charge on any atom is 0.250 e. The quantitative estimate of drug-likeness (QED) is 0.657. The van der Waals surface area contributed by atoms with Gasteiger partial charge in [-0.2, -0.15) is 0 Å². The normalized spacial score (nSPS) is 35.3. The first-order chi connectivity index (χ1) is 12.2. The zero-order valence-corrected chi connectivity index (χ0v) is 17.6. The van der Waals surface area contributed by atoms with E-state index in [1.807, 2.05) is 13.8 Å². The van der Waals surface area contributed by atoms with Gasteiger partial charge in [0.1, 0.15) is 15.6 Å². The summed E-state index contributed by atoms with van der Waals surface area (Å²) in [7, 11) is 0. The molecule has 3 aliphatic carbocycles. The fourth-order valence-electron chi connectivity index (χ4n) is 5.10. The van der Waals surface area contributed by atoms with E-state index >= 15 is 0 Å². The molecule has 146 valence electrons. The van der Waals surface area contributed by atoms with Crippen molar-refractivity contribution in [1.82, 2.24) is 14.5 Å². The van der Waals surface area contributed by atoms with Gasteiger partial charge in [-0.05, 0) is 59.6 Å². The molecule has 1 aromatic heterocycles. The van der Waals surface area contributed by atoms with Crippen molar-refractivity contribution in [2.75, 3.05) is 13.1 Å². The van der Waals surface area contributed by atoms with Crippen LogP contribution in [0.25, 0.3) is 0 Å². The molecular formula is C19H28F2IN3O. The van der Waals surface area contributed by atoms with Crippen LogP contribution in [-0.4, -0.2) is 44.6 Å². The van der Waals surface area contributed by atoms with Gasteiger partial charge in [0, 0.05) is 44.2 Å². The molecule has 4 fully saturated rings. The number of piperidine rings is 1. The van der Waals surface area contributed by atoms with Crippen LogP contribution in [0.1, 0.15) is 63.9 Å².